The number of hydrogen-bond donors (Lipinski definition) is 2. The molecule has 4 rings (SSSR count). The molecule has 0 saturated carbocycles. The smallest absolute Gasteiger partial charge is 0.240 e. The Morgan fingerprint density at radius 2 is 2.10 bits per heavy atom. The van der Waals surface area contributed by atoms with E-state index in [9.17, 15) is 0 Å². The number of aromatic nitrogens is 2. The van der Waals surface area contributed by atoms with Gasteiger partial charge in [0.2, 0.25) is 5.95 Å². The van der Waals surface area contributed by atoms with Crippen molar-refractivity contribution >= 4 is 39.0 Å². The number of benzene rings is 1. The zero-order chi connectivity index (χ0) is 14.2. The largest absolute Gasteiger partial charge is 0.325 e. The summed E-state index contributed by atoms with van der Waals surface area (Å²) >= 11 is 1.60. The minimum absolute atomic E-state index is 0.461. The monoisotopic (exact) mass is 297 g/mol. The van der Waals surface area contributed by atoms with Gasteiger partial charge < -0.3 is 4.90 Å². The summed E-state index contributed by atoms with van der Waals surface area (Å²) in [5, 5.41) is 3.12. The Kier molecular flexibility index (Phi) is 2.98. The standard InChI is InChI=1S/C15H15N5S/c16-19-15-17-13(11-7-9-21-14(11)18-15)20-8-3-5-10-4-1-2-6-12(10)20/h1-2,4,6-7,9H,3,5,8,16H2,(H,17,18,19). The normalized spacial score (nSPS) is 14.2. The summed E-state index contributed by atoms with van der Waals surface area (Å²) in [6.45, 7) is 0.961. The van der Waals surface area contributed by atoms with Crippen LogP contribution in [0.3, 0.4) is 0 Å². The molecular weight excluding hydrogens is 282 g/mol. The second-order valence-electron chi connectivity index (χ2n) is 5.04. The summed E-state index contributed by atoms with van der Waals surface area (Å²) in [6, 6.07) is 10.6. The zero-order valence-corrected chi connectivity index (χ0v) is 12.2. The summed E-state index contributed by atoms with van der Waals surface area (Å²) < 4.78 is 0. The quantitative estimate of drug-likeness (QED) is 0.562. The van der Waals surface area contributed by atoms with Crippen LogP contribution in [-0.2, 0) is 6.42 Å². The van der Waals surface area contributed by atoms with Crippen LogP contribution >= 0.6 is 11.3 Å². The molecule has 1 aromatic carbocycles. The van der Waals surface area contributed by atoms with E-state index in [0.717, 1.165) is 35.4 Å². The number of nitrogens with one attached hydrogen (secondary N) is 1. The van der Waals surface area contributed by atoms with Gasteiger partial charge in [-0.05, 0) is 35.9 Å². The van der Waals surface area contributed by atoms with Gasteiger partial charge in [0.1, 0.15) is 10.6 Å². The van der Waals surface area contributed by atoms with Crippen LogP contribution in [0, 0.1) is 0 Å². The second kappa shape index (κ2) is 4.98. The minimum atomic E-state index is 0.461. The Hall–Kier alpha value is -2.18. The van der Waals surface area contributed by atoms with Crippen molar-refractivity contribution in [2.45, 2.75) is 12.8 Å². The van der Waals surface area contributed by atoms with Gasteiger partial charge in [-0.2, -0.15) is 4.98 Å². The van der Waals surface area contributed by atoms with Crippen molar-refractivity contribution in [3.63, 3.8) is 0 Å². The van der Waals surface area contributed by atoms with E-state index in [2.05, 4.69) is 50.6 Å². The van der Waals surface area contributed by atoms with Crippen LogP contribution in [0.1, 0.15) is 12.0 Å². The topological polar surface area (TPSA) is 67.1 Å². The van der Waals surface area contributed by atoms with Crippen LogP contribution in [0.25, 0.3) is 10.2 Å². The minimum Gasteiger partial charge on any atom is -0.325 e. The Morgan fingerprint density at radius 1 is 1.19 bits per heavy atom. The third kappa shape index (κ3) is 2.03. The molecule has 3 N–H and O–H groups in total. The van der Waals surface area contributed by atoms with Gasteiger partial charge in [0.25, 0.3) is 0 Å². The summed E-state index contributed by atoms with van der Waals surface area (Å²) in [6.07, 6.45) is 2.24. The average molecular weight is 297 g/mol. The van der Waals surface area contributed by atoms with Crippen LogP contribution in [0.2, 0.25) is 0 Å². The number of hydrogen-bond acceptors (Lipinski definition) is 6. The molecule has 0 amide bonds. The van der Waals surface area contributed by atoms with Crippen molar-refractivity contribution in [1.82, 2.24) is 9.97 Å². The Morgan fingerprint density at radius 3 is 3.00 bits per heavy atom. The van der Waals surface area contributed by atoms with Gasteiger partial charge >= 0.3 is 0 Å². The number of fused-ring (bicyclic) bond motifs is 2. The first kappa shape index (κ1) is 12.6. The molecule has 21 heavy (non-hydrogen) atoms. The first-order valence-electron chi connectivity index (χ1n) is 6.94. The molecule has 6 heteroatoms. The number of rotatable bonds is 2. The van der Waals surface area contributed by atoms with E-state index in [1.165, 1.54) is 11.3 Å². The van der Waals surface area contributed by atoms with Crippen LogP contribution in [0.15, 0.2) is 35.7 Å². The summed E-state index contributed by atoms with van der Waals surface area (Å²) in [4.78, 5) is 12.2. The van der Waals surface area contributed by atoms with Gasteiger partial charge in [-0.1, -0.05) is 18.2 Å². The third-order valence-corrected chi connectivity index (χ3v) is 4.61. The van der Waals surface area contributed by atoms with Crippen molar-refractivity contribution in [2.24, 2.45) is 5.84 Å². The maximum absolute atomic E-state index is 5.51. The predicted molar refractivity (Wildman–Crippen MR) is 87.0 cm³/mol. The fourth-order valence-electron chi connectivity index (χ4n) is 2.86. The maximum Gasteiger partial charge on any atom is 0.240 e. The molecule has 3 aromatic rings. The molecule has 3 heterocycles. The molecule has 0 saturated heterocycles. The zero-order valence-electron chi connectivity index (χ0n) is 11.4. The molecule has 0 radical (unpaired) electrons. The van der Waals surface area contributed by atoms with Crippen LogP contribution in [0.5, 0.6) is 0 Å². The van der Waals surface area contributed by atoms with Gasteiger partial charge in [-0.3, -0.25) is 5.43 Å². The highest BCUT2D eigenvalue weighted by atomic mass is 32.1. The number of nitrogen functional groups attached to an aromatic ring is 1. The molecule has 1 aliphatic rings. The molecule has 1 aliphatic heterocycles. The number of aryl methyl sites for hydroxylation is 1. The molecule has 0 fully saturated rings. The first-order valence-corrected chi connectivity index (χ1v) is 7.82. The van der Waals surface area contributed by atoms with Crippen molar-refractivity contribution < 1.29 is 0 Å². The summed E-state index contributed by atoms with van der Waals surface area (Å²) in [5.74, 6) is 6.91. The lowest BCUT2D eigenvalue weighted by atomic mass is 10.0. The van der Waals surface area contributed by atoms with Crippen LogP contribution in [-0.4, -0.2) is 16.5 Å². The van der Waals surface area contributed by atoms with E-state index in [1.807, 2.05) is 5.38 Å². The number of thiophene rings is 1. The van der Waals surface area contributed by atoms with Crippen molar-refractivity contribution in [3.8, 4) is 0 Å². The average Bonchev–Trinajstić information content (AvgIpc) is 3.02. The molecule has 106 valence electrons. The highest BCUT2D eigenvalue weighted by Gasteiger charge is 2.22. The van der Waals surface area contributed by atoms with Crippen molar-refractivity contribution in [2.75, 3.05) is 16.9 Å². The molecular formula is C15H15N5S. The van der Waals surface area contributed by atoms with Gasteiger partial charge in [-0.15, -0.1) is 11.3 Å². The van der Waals surface area contributed by atoms with Gasteiger partial charge in [-0.25, -0.2) is 10.8 Å². The lowest BCUT2D eigenvalue weighted by Gasteiger charge is -2.30. The van der Waals surface area contributed by atoms with E-state index in [0.29, 0.717) is 5.95 Å². The number of nitrogens with zero attached hydrogens (tertiary/aromatic N) is 3. The Bertz CT molecular complexity index is 798. The lowest BCUT2D eigenvalue weighted by Crippen LogP contribution is -2.26. The molecule has 0 bridgehead atoms. The third-order valence-electron chi connectivity index (χ3n) is 3.80. The molecule has 0 atom stereocenters. The van der Waals surface area contributed by atoms with Crippen LogP contribution < -0.4 is 16.2 Å². The van der Waals surface area contributed by atoms with Gasteiger partial charge in [0.15, 0.2) is 0 Å². The SMILES string of the molecule is NNc1nc(N2CCCc3ccccc32)c2ccsc2n1. The number of nitrogens with two attached hydrogens (primary N) is 1. The van der Waals surface area contributed by atoms with E-state index >= 15 is 0 Å². The van der Waals surface area contributed by atoms with E-state index in [-0.39, 0.29) is 0 Å². The lowest BCUT2D eigenvalue weighted by molar-refractivity contribution is 0.761. The summed E-state index contributed by atoms with van der Waals surface area (Å²) in [5.41, 5.74) is 5.17. The Labute approximate surface area is 126 Å². The predicted octanol–water partition coefficient (Wildman–Crippen LogP) is 3.06. The van der Waals surface area contributed by atoms with E-state index in [1.54, 1.807) is 11.3 Å². The molecule has 2 aromatic heterocycles. The highest BCUT2D eigenvalue weighted by Crippen LogP contribution is 2.37. The van der Waals surface area contributed by atoms with E-state index < -0.39 is 0 Å². The van der Waals surface area contributed by atoms with Gasteiger partial charge in [0, 0.05) is 12.2 Å². The van der Waals surface area contributed by atoms with E-state index in [4.69, 9.17) is 5.84 Å². The maximum atomic E-state index is 5.51. The first-order chi connectivity index (χ1) is 10.4. The highest BCUT2D eigenvalue weighted by molar-refractivity contribution is 7.16. The number of para-hydroxylation sites is 1. The van der Waals surface area contributed by atoms with Crippen molar-refractivity contribution in [1.29, 1.82) is 0 Å². The summed E-state index contributed by atoms with van der Waals surface area (Å²) in [7, 11) is 0. The number of anilines is 3. The Balaban J connectivity index is 1.93. The van der Waals surface area contributed by atoms with Gasteiger partial charge in [0.05, 0.1) is 5.39 Å². The fraction of sp³-hybridized carbons (Fsp3) is 0.200. The fourth-order valence-corrected chi connectivity index (χ4v) is 3.62. The second-order valence-corrected chi connectivity index (χ2v) is 5.93. The van der Waals surface area contributed by atoms with Crippen molar-refractivity contribution in [3.05, 3.63) is 41.3 Å². The molecule has 5 nitrogen and oxygen atoms in total. The molecule has 0 aliphatic carbocycles. The molecule has 0 unspecified atom stereocenters. The van der Waals surface area contributed by atoms with Crippen LogP contribution in [0.4, 0.5) is 17.5 Å². The molecule has 0 spiro atoms. The number of hydrazine groups is 1.